The summed E-state index contributed by atoms with van der Waals surface area (Å²) in [6.45, 7) is 0. The standard InChI is InChI=1S/C18H20N4O4S2/c1-22-11-10-20-18(22)17(13-6-4-3-5-7-13)21-15-9-8-14(28(19,25)26)12-16(15)27(2,23)24/h3-12,17,21H,1-2H3,(H2,19,25,26). The van der Waals surface area contributed by atoms with Crippen molar-refractivity contribution in [2.45, 2.75) is 15.8 Å². The van der Waals surface area contributed by atoms with Crippen LogP contribution in [-0.2, 0) is 26.9 Å². The lowest BCUT2D eigenvalue weighted by Crippen LogP contribution is -2.19. The van der Waals surface area contributed by atoms with Gasteiger partial charge in [-0.3, -0.25) is 0 Å². The van der Waals surface area contributed by atoms with Gasteiger partial charge in [0.25, 0.3) is 0 Å². The van der Waals surface area contributed by atoms with Crippen molar-refractivity contribution in [1.29, 1.82) is 0 Å². The van der Waals surface area contributed by atoms with Gasteiger partial charge < -0.3 is 9.88 Å². The van der Waals surface area contributed by atoms with E-state index >= 15 is 0 Å². The Hall–Kier alpha value is -2.69. The van der Waals surface area contributed by atoms with E-state index in [2.05, 4.69) is 10.3 Å². The average Bonchev–Trinajstić information content (AvgIpc) is 3.04. The maximum Gasteiger partial charge on any atom is 0.238 e. The Labute approximate surface area is 164 Å². The van der Waals surface area contributed by atoms with Crippen molar-refractivity contribution in [2.75, 3.05) is 11.6 Å². The molecule has 1 aromatic heterocycles. The molecule has 2 aromatic carbocycles. The molecule has 1 heterocycles. The van der Waals surface area contributed by atoms with E-state index in [1.165, 1.54) is 12.1 Å². The predicted molar refractivity (Wildman–Crippen MR) is 106 cm³/mol. The Kier molecular flexibility index (Phi) is 5.28. The molecular weight excluding hydrogens is 400 g/mol. The Morgan fingerprint density at radius 2 is 1.75 bits per heavy atom. The van der Waals surface area contributed by atoms with E-state index in [-0.39, 0.29) is 15.5 Å². The lowest BCUT2D eigenvalue weighted by Gasteiger charge is -2.22. The maximum atomic E-state index is 12.3. The van der Waals surface area contributed by atoms with Crippen LogP contribution >= 0.6 is 0 Å². The van der Waals surface area contributed by atoms with E-state index in [0.29, 0.717) is 5.82 Å². The third-order valence-electron chi connectivity index (χ3n) is 4.23. The summed E-state index contributed by atoms with van der Waals surface area (Å²) in [4.78, 5) is 3.94. The summed E-state index contributed by atoms with van der Waals surface area (Å²) in [6, 6.07) is 12.7. The molecule has 0 saturated carbocycles. The van der Waals surface area contributed by atoms with Gasteiger partial charge in [-0.05, 0) is 23.8 Å². The van der Waals surface area contributed by atoms with E-state index in [4.69, 9.17) is 5.14 Å². The van der Waals surface area contributed by atoms with E-state index in [0.717, 1.165) is 17.9 Å². The zero-order valence-electron chi connectivity index (χ0n) is 15.3. The summed E-state index contributed by atoms with van der Waals surface area (Å²) >= 11 is 0. The number of aryl methyl sites for hydroxylation is 1. The fraction of sp³-hybridized carbons (Fsp3) is 0.167. The highest BCUT2D eigenvalue weighted by Crippen LogP contribution is 2.31. The van der Waals surface area contributed by atoms with Gasteiger partial charge in [0.2, 0.25) is 10.0 Å². The first kappa shape index (κ1) is 20.1. The van der Waals surface area contributed by atoms with E-state index in [9.17, 15) is 16.8 Å². The number of primary sulfonamides is 1. The second-order valence-electron chi connectivity index (χ2n) is 6.36. The first-order valence-electron chi connectivity index (χ1n) is 8.23. The molecule has 0 amide bonds. The van der Waals surface area contributed by atoms with Gasteiger partial charge in [0.05, 0.1) is 15.5 Å². The summed E-state index contributed by atoms with van der Waals surface area (Å²) in [7, 11) is -5.94. The lowest BCUT2D eigenvalue weighted by molar-refractivity contribution is 0.597. The fourth-order valence-electron chi connectivity index (χ4n) is 2.86. The van der Waals surface area contributed by atoms with Crippen molar-refractivity contribution in [3.63, 3.8) is 0 Å². The molecule has 0 aliphatic carbocycles. The molecule has 10 heteroatoms. The van der Waals surface area contributed by atoms with Crippen LogP contribution in [0.2, 0.25) is 0 Å². The van der Waals surface area contributed by atoms with Gasteiger partial charge in [0, 0.05) is 25.7 Å². The van der Waals surface area contributed by atoms with Crippen LogP contribution in [0.3, 0.4) is 0 Å². The van der Waals surface area contributed by atoms with Crippen LogP contribution in [0.4, 0.5) is 5.69 Å². The number of hydrogen-bond donors (Lipinski definition) is 2. The molecule has 0 fully saturated rings. The fourth-order valence-corrected chi connectivity index (χ4v) is 4.34. The first-order chi connectivity index (χ1) is 13.1. The molecule has 0 spiro atoms. The summed E-state index contributed by atoms with van der Waals surface area (Å²) < 4.78 is 49.7. The number of hydrogen-bond acceptors (Lipinski definition) is 6. The number of nitrogens with one attached hydrogen (secondary N) is 1. The predicted octanol–water partition coefficient (Wildman–Crippen LogP) is 1.67. The number of nitrogens with zero attached hydrogens (tertiary/aromatic N) is 2. The van der Waals surface area contributed by atoms with Crippen LogP contribution in [-0.4, -0.2) is 32.6 Å². The Morgan fingerprint density at radius 1 is 1.07 bits per heavy atom. The van der Waals surface area contributed by atoms with Gasteiger partial charge in [0.1, 0.15) is 11.9 Å². The molecular formula is C18H20N4O4S2. The second kappa shape index (κ2) is 7.38. The molecule has 3 N–H and O–H groups in total. The molecule has 3 aromatic rings. The largest absolute Gasteiger partial charge is 0.370 e. The van der Waals surface area contributed by atoms with Gasteiger partial charge in [-0.15, -0.1) is 0 Å². The maximum absolute atomic E-state index is 12.3. The van der Waals surface area contributed by atoms with E-state index < -0.39 is 25.9 Å². The van der Waals surface area contributed by atoms with E-state index in [1.54, 1.807) is 12.4 Å². The molecule has 148 valence electrons. The molecule has 0 bridgehead atoms. The van der Waals surface area contributed by atoms with Crippen molar-refractivity contribution in [3.8, 4) is 0 Å². The van der Waals surface area contributed by atoms with Gasteiger partial charge in [0.15, 0.2) is 9.84 Å². The number of benzene rings is 2. The topological polar surface area (TPSA) is 124 Å². The lowest BCUT2D eigenvalue weighted by atomic mass is 10.1. The zero-order chi connectivity index (χ0) is 20.5. The van der Waals surface area contributed by atoms with Crippen molar-refractivity contribution < 1.29 is 16.8 Å². The molecule has 0 saturated heterocycles. The number of rotatable bonds is 6. The number of anilines is 1. The molecule has 0 aliphatic rings. The molecule has 1 unspecified atom stereocenters. The van der Waals surface area contributed by atoms with Crippen molar-refractivity contribution >= 4 is 25.5 Å². The Morgan fingerprint density at radius 3 is 2.29 bits per heavy atom. The summed E-state index contributed by atoms with van der Waals surface area (Å²) in [6.07, 6.45) is 4.45. The summed E-state index contributed by atoms with van der Waals surface area (Å²) in [5, 5.41) is 8.35. The minimum Gasteiger partial charge on any atom is -0.370 e. The van der Waals surface area contributed by atoms with Crippen LogP contribution in [0.5, 0.6) is 0 Å². The van der Waals surface area contributed by atoms with Gasteiger partial charge in [-0.1, -0.05) is 30.3 Å². The van der Waals surface area contributed by atoms with Crippen molar-refractivity contribution in [2.24, 2.45) is 12.2 Å². The zero-order valence-corrected chi connectivity index (χ0v) is 16.9. The van der Waals surface area contributed by atoms with Crippen molar-refractivity contribution in [1.82, 2.24) is 9.55 Å². The quantitative estimate of drug-likeness (QED) is 0.625. The minimum absolute atomic E-state index is 0.158. The number of sulfone groups is 1. The van der Waals surface area contributed by atoms with Crippen LogP contribution in [0.15, 0.2) is 70.7 Å². The first-order valence-corrected chi connectivity index (χ1v) is 11.7. The van der Waals surface area contributed by atoms with Gasteiger partial charge in [-0.2, -0.15) is 0 Å². The Balaban J connectivity index is 2.15. The third-order valence-corrected chi connectivity index (χ3v) is 6.28. The SMILES string of the molecule is Cn1ccnc1C(Nc1ccc(S(N)(=O)=O)cc1S(C)(=O)=O)c1ccccc1. The highest BCUT2D eigenvalue weighted by atomic mass is 32.2. The third kappa shape index (κ3) is 4.24. The summed E-state index contributed by atoms with van der Waals surface area (Å²) in [5.74, 6) is 0.668. The highest BCUT2D eigenvalue weighted by Gasteiger charge is 2.23. The summed E-state index contributed by atoms with van der Waals surface area (Å²) in [5.41, 5.74) is 1.12. The molecule has 8 nitrogen and oxygen atoms in total. The average molecular weight is 421 g/mol. The van der Waals surface area contributed by atoms with Gasteiger partial charge >= 0.3 is 0 Å². The number of imidazole rings is 1. The monoisotopic (exact) mass is 420 g/mol. The minimum atomic E-state index is -4.04. The number of aromatic nitrogens is 2. The Bertz CT molecular complexity index is 1200. The molecule has 0 radical (unpaired) electrons. The normalized spacial score (nSPS) is 13.2. The van der Waals surface area contributed by atoms with Crippen LogP contribution in [0.25, 0.3) is 0 Å². The van der Waals surface area contributed by atoms with E-state index in [1.807, 2.05) is 41.9 Å². The van der Waals surface area contributed by atoms with Crippen LogP contribution in [0.1, 0.15) is 17.4 Å². The second-order valence-corrected chi connectivity index (χ2v) is 9.91. The highest BCUT2D eigenvalue weighted by molar-refractivity contribution is 7.91. The van der Waals surface area contributed by atoms with Crippen LogP contribution < -0.4 is 10.5 Å². The number of nitrogens with two attached hydrogens (primary N) is 1. The molecule has 0 aliphatic heterocycles. The molecule has 28 heavy (non-hydrogen) atoms. The van der Waals surface area contributed by atoms with Gasteiger partial charge in [-0.25, -0.2) is 27.0 Å². The van der Waals surface area contributed by atoms with Crippen molar-refractivity contribution in [3.05, 3.63) is 72.3 Å². The molecule has 1 atom stereocenters. The number of sulfonamides is 1. The smallest absolute Gasteiger partial charge is 0.238 e. The van der Waals surface area contributed by atoms with Crippen LogP contribution in [0, 0.1) is 0 Å². The molecule has 3 rings (SSSR count).